The fourth-order valence-corrected chi connectivity index (χ4v) is 2.11. The Bertz CT molecular complexity index is 826. The number of hydrogen-bond acceptors (Lipinski definition) is 5. The van der Waals surface area contributed by atoms with Gasteiger partial charge in [-0.2, -0.15) is 9.97 Å². The van der Waals surface area contributed by atoms with E-state index in [1.807, 2.05) is 48.1 Å². The average Bonchev–Trinajstić information content (AvgIpc) is 2.46. The van der Waals surface area contributed by atoms with Gasteiger partial charge in [0.2, 0.25) is 11.4 Å². The molecule has 6 nitrogen and oxygen atoms in total. The zero-order valence-electron chi connectivity index (χ0n) is 11.3. The highest BCUT2D eigenvalue weighted by Crippen LogP contribution is 2.19. The van der Waals surface area contributed by atoms with Crippen molar-refractivity contribution in [3.05, 3.63) is 48.2 Å². The molecule has 3 rings (SSSR count). The van der Waals surface area contributed by atoms with Gasteiger partial charge < -0.3 is 10.2 Å². The van der Waals surface area contributed by atoms with Gasteiger partial charge in [0.1, 0.15) is 7.05 Å². The van der Waals surface area contributed by atoms with Gasteiger partial charge in [-0.25, -0.2) is 9.56 Å². The van der Waals surface area contributed by atoms with E-state index in [1.165, 1.54) is 6.07 Å². The molecule has 104 valence electrons. The van der Waals surface area contributed by atoms with Gasteiger partial charge in [-0.3, -0.25) is 0 Å². The number of aryl methyl sites for hydroxylation is 1. The SMILES string of the molecule is C[n+]1ccc(C=Nc2cc(O)nc(O)n2)c2ccccc21. The fraction of sp³-hybridized carbons (Fsp3) is 0.0667. The fourth-order valence-electron chi connectivity index (χ4n) is 2.11. The molecule has 0 saturated carbocycles. The second kappa shape index (κ2) is 5.16. The summed E-state index contributed by atoms with van der Waals surface area (Å²) in [5, 5.41) is 19.6. The van der Waals surface area contributed by atoms with Crippen molar-refractivity contribution in [2.24, 2.45) is 12.0 Å². The zero-order chi connectivity index (χ0) is 14.8. The molecule has 2 heterocycles. The Morgan fingerprint density at radius 2 is 1.95 bits per heavy atom. The van der Waals surface area contributed by atoms with Gasteiger partial charge in [0.05, 0.1) is 5.39 Å². The highest BCUT2D eigenvalue weighted by atomic mass is 16.3. The van der Waals surface area contributed by atoms with Crippen molar-refractivity contribution in [3.8, 4) is 11.9 Å². The van der Waals surface area contributed by atoms with E-state index in [-0.39, 0.29) is 11.7 Å². The van der Waals surface area contributed by atoms with Crippen LogP contribution in [0.3, 0.4) is 0 Å². The van der Waals surface area contributed by atoms with Crippen LogP contribution >= 0.6 is 0 Å². The van der Waals surface area contributed by atoms with E-state index < -0.39 is 6.01 Å². The van der Waals surface area contributed by atoms with Crippen LogP contribution in [0.5, 0.6) is 11.9 Å². The first-order chi connectivity index (χ1) is 10.1. The third kappa shape index (κ3) is 2.64. The minimum absolute atomic E-state index is 0.192. The van der Waals surface area contributed by atoms with Crippen LogP contribution in [-0.2, 0) is 7.05 Å². The van der Waals surface area contributed by atoms with Gasteiger partial charge in [-0.1, -0.05) is 12.1 Å². The minimum Gasteiger partial charge on any atom is -0.493 e. The number of para-hydroxylation sites is 1. The third-order valence-electron chi connectivity index (χ3n) is 3.10. The lowest BCUT2D eigenvalue weighted by Crippen LogP contribution is -2.28. The Hall–Kier alpha value is -3.02. The normalized spacial score (nSPS) is 11.3. The zero-order valence-corrected chi connectivity index (χ0v) is 11.3. The van der Waals surface area contributed by atoms with E-state index in [4.69, 9.17) is 0 Å². The summed E-state index contributed by atoms with van der Waals surface area (Å²) in [6.07, 6.45) is 3.59. The number of nitrogens with zero attached hydrogens (tertiary/aromatic N) is 4. The molecule has 0 saturated heterocycles. The summed E-state index contributed by atoms with van der Waals surface area (Å²) in [5.41, 5.74) is 2.00. The van der Waals surface area contributed by atoms with Gasteiger partial charge in [-0.15, -0.1) is 0 Å². The summed E-state index contributed by atoms with van der Waals surface area (Å²) < 4.78 is 2.02. The predicted octanol–water partition coefficient (Wildman–Crippen LogP) is 1.62. The minimum atomic E-state index is -0.508. The topological polar surface area (TPSA) is 82.5 Å². The van der Waals surface area contributed by atoms with E-state index >= 15 is 0 Å². The number of rotatable bonds is 2. The van der Waals surface area contributed by atoms with Crippen LogP contribution in [0, 0.1) is 0 Å². The predicted molar refractivity (Wildman–Crippen MR) is 77.7 cm³/mol. The maximum absolute atomic E-state index is 9.31. The monoisotopic (exact) mass is 281 g/mol. The molecule has 0 radical (unpaired) electrons. The van der Waals surface area contributed by atoms with Gasteiger partial charge in [0.15, 0.2) is 12.0 Å². The van der Waals surface area contributed by atoms with Crippen LogP contribution in [0.4, 0.5) is 5.82 Å². The average molecular weight is 281 g/mol. The lowest BCUT2D eigenvalue weighted by atomic mass is 10.1. The molecule has 2 N–H and O–H groups in total. The molecule has 0 atom stereocenters. The van der Waals surface area contributed by atoms with Crippen LogP contribution in [0.15, 0.2) is 47.6 Å². The molecule has 0 aliphatic carbocycles. The molecule has 0 aliphatic rings. The van der Waals surface area contributed by atoms with Gasteiger partial charge in [0.25, 0.3) is 0 Å². The number of aromatic nitrogens is 3. The second-order valence-corrected chi connectivity index (χ2v) is 4.54. The molecular weight excluding hydrogens is 268 g/mol. The molecule has 0 amide bonds. The van der Waals surface area contributed by atoms with E-state index in [9.17, 15) is 10.2 Å². The Labute approximate surface area is 120 Å². The molecule has 3 aromatic rings. The number of fused-ring (bicyclic) bond motifs is 1. The number of hydrogen-bond donors (Lipinski definition) is 2. The van der Waals surface area contributed by atoms with Crippen molar-refractivity contribution >= 4 is 22.9 Å². The van der Waals surface area contributed by atoms with Gasteiger partial charge in [0, 0.05) is 30.0 Å². The summed E-state index contributed by atoms with van der Waals surface area (Å²) in [6.45, 7) is 0. The number of benzene rings is 1. The molecule has 6 heteroatoms. The van der Waals surface area contributed by atoms with Crippen molar-refractivity contribution in [2.45, 2.75) is 0 Å². The second-order valence-electron chi connectivity index (χ2n) is 4.54. The molecule has 0 aliphatic heterocycles. The van der Waals surface area contributed by atoms with E-state index in [0.717, 1.165) is 16.5 Å². The maximum atomic E-state index is 9.31. The van der Waals surface area contributed by atoms with Crippen LogP contribution in [0.25, 0.3) is 10.9 Å². The maximum Gasteiger partial charge on any atom is 0.319 e. The summed E-state index contributed by atoms with van der Waals surface area (Å²) in [4.78, 5) is 11.3. The van der Waals surface area contributed by atoms with Gasteiger partial charge >= 0.3 is 6.01 Å². The first-order valence-corrected chi connectivity index (χ1v) is 6.32. The highest BCUT2D eigenvalue weighted by Gasteiger charge is 2.07. The molecule has 2 aromatic heterocycles. The van der Waals surface area contributed by atoms with E-state index in [0.29, 0.717) is 0 Å². The molecule has 0 bridgehead atoms. The summed E-state index contributed by atoms with van der Waals surface area (Å²) in [6, 6.07) is 10.7. The summed E-state index contributed by atoms with van der Waals surface area (Å²) in [5.74, 6) is -0.128. The Morgan fingerprint density at radius 1 is 1.14 bits per heavy atom. The Kier molecular flexibility index (Phi) is 3.19. The van der Waals surface area contributed by atoms with Crippen LogP contribution in [0.2, 0.25) is 0 Å². The molecule has 0 spiro atoms. The number of aliphatic imine (C=N–C) groups is 1. The number of aromatic hydroxyl groups is 2. The quantitative estimate of drug-likeness (QED) is 0.552. The standard InChI is InChI=1S/C15H12N4O2/c1-19-7-6-10(11-4-2-3-5-12(11)19)9-16-13-8-14(20)18-15(21)17-13/h2-9H,1H3,(H-,17,18,20,21)/p+1. The first kappa shape index (κ1) is 13.0. The third-order valence-corrected chi connectivity index (χ3v) is 3.10. The lowest BCUT2D eigenvalue weighted by Gasteiger charge is -2.00. The largest absolute Gasteiger partial charge is 0.493 e. The van der Waals surface area contributed by atoms with Crippen molar-refractivity contribution in [2.75, 3.05) is 0 Å². The van der Waals surface area contributed by atoms with Crippen molar-refractivity contribution in [1.82, 2.24) is 9.97 Å². The van der Waals surface area contributed by atoms with Crippen molar-refractivity contribution < 1.29 is 14.8 Å². The molecule has 1 aromatic carbocycles. The Balaban J connectivity index is 2.05. The van der Waals surface area contributed by atoms with Crippen molar-refractivity contribution in [3.63, 3.8) is 0 Å². The van der Waals surface area contributed by atoms with Crippen LogP contribution in [-0.4, -0.2) is 26.4 Å². The smallest absolute Gasteiger partial charge is 0.319 e. The van der Waals surface area contributed by atoms with Crippen LogP contribution < -0.4 is 4.57 Å². The highest BCUT2D eigenvalue weighted by molar-refractivity contribution is 5.97. The molecule has 0 fully saturated rings. The molecule has 0 unspecified atom stereocenters. The van der Waals surface area contributed by atoms with Crippen LogP contribution in [0.1, 0.15) is 5.56 Å². The number of pyridine rings is 1. The molecular formula is C15H13N4O2+. The van der Waals surface area contributed by atoms with E-state index in [2.05, 4.69) is 15.0 Å². The summed E-state index contributed by atoms with van der Waals surface area (Å²) >= 11 is 0. The summed E-state index contributed by atoms with van der Waals surface area (Å²) in [7, 11) is 1.98. The van der Waals surface area contributed by atoms with E-state index in [1.54, 1.807) is 6.21 Å². The van der Waals surface area contributed by atoms with Crippen molar-refractivity contribution in [1.29, 1.82) is 0 Å². The lowest BCUT2D eigenvalue weighted by molar-refractivity contribution is -0.644. The molecule has 21 heavy (non-hydrogen) atoms. The van der Waals surface area contributed by atoms with Gasteiger partial charge in [-0.05, 0) is 6.07 Å². The first-order valence-electron chi connectivity index (χ1n) is 6.32. The Morgan fingerprint density at radius 3 is 2.76 bits per heavy atom.